The van der Waals surface area contributed by atoms with Gasteiger partial charge in [0.05, 0.1) is 6.07 Å². The van der Waals surface area contributed by atoms with E-state index in [1.165, 1.54) is 32.4 Å². The van der Waals surface area contributed by atoms with E-state index in [0.29, 0.717) is 11.8 Å². The highest BCUT2D eigenvalue weighted by Gasteiger charge is 2.22. The fraction of sp³-hybridized carbons (Fsp3) is 0.917. The molecule has 2 nitrogen and oxygen atoms in total. The zero-order chi connectivity index (χ0) is 10.4. The molecular formula is C12H22N2. The van der Waals surface area contributed by atoms with Crippen LogP contribution in [-0.2, 0) is 0 Å². The molecule has 0 atom stereocenters. The Morgan fingerprint density at radius 3 is 2.79 bits per heavy atom. The topological polar surface area (TPSA) is 27.0 Å². The minimum Gasteiger partial charge on any atom is -0.303 e. The van der Waals surface area contributed by atoms with Crippen LogP contribution in [0, 0.1) is 16.7 Å². The Hall–Kier alpha value is -0.550. The van der Waals surface area contributed by atoms with E-state index in [4.69, 9.17) is 5.26 Å². The van der Waals surface area contributed by atoms with Gasteiger partial charge in [0.1, 0.15) is 0 Å². The average Bonchev–Trinajstić information content (AvgIpc) is 2.28. The van der Waals surface area contributed by atoms with Gasteiger partial charge >= 0.3 is 0 Å². The quantitative estimate of drug-likeness (QED) is 0.646. The number of likely N-dealkylation sites (tertiary alicyclic amines) is 1. The van der Waals surface area contributed by atoms with Crippen molar-refractivity contribution in [1.29, 1.82) is 5.26 Å². The summed E-state index contributed by atoms with van der Waals surface area (Å²) in [4.78, 5) is 2.52. The number of nitrogens with zero attached hydrogens (tertiary/aromatic N) is 2. The van der Waals surface area contributed by atoms with Crippen molar-refractivity contribution in [2.45, 2.75) is 46.0 Å². The second-order valence-corrected chi connectivity index (χ2v) is 5.12. The third-order valence-corrected chi connectivity index (χ3v) is 3.20. The minimum absolute atomic E-state index is 0.532. The van der Waals surface area contributed by atoms with Crippen LogP contribution >= 0.6 is 0 Å². The van der Waals surface area contributed by atoms with Gasteiger partial charge in [-0.25, -0.2) is 0 Å². The summed E-state index contributed by atoms with van der Waals surface area (Å²) >= 11 is 0. The predicted molar refractivity (Wildman–Crippen MR) is 58.9 cm³/mol. The Morgan fingerprint density at radius 2 is 2.07 bits per heavy atom. The molecule has 0 unspecified atom stereocenters. The average molecular weight is 194 g/mol. The van der Waals surface area contributed by atoms with Crippen molar-refractivity contribution < 1.29 is 0 Å². The van der Waals surface area contributed by atoms with E-state index in [1.807, 2.05) is 0 Å². The lowest BCUT2D eigenvalue weighted by atomic mass is 9.85. The minimum atomic E-state index is 0.532. The number of unbranched alkanes of at least 4 members (excludes halogenated alkanes) is 1. The molecular weight excluding hydrogens is 172 g/mol. The van der Waals surface area contributed by atoms with Gasteiger partial charge in [0, 0.05) is 6.42 Å². The fourth-order valence-electron chi connectivity index (χ4n) is 2.08. The summed E-state index contributed by atoms with van der Waals surface area (Å²) < 4.78 is 0. The molecule has 2 heteroatoms. The Balaban J connectivity index is 2.25. The Labute approximate surface area is 87.9 Å². The van der Waals surface area contributed by atoms with Gasteiger partial charge in [-0.05, 0) is 50.7 Å². The highest BCUT2D eigenvalue weighted by Crippen LogP contribution is 2.29. The third-order valence-electron chi connectivity index (χ3n) is 3.20. The standard InChI is InChI=1S/C12H22N2/c1-12(2)6-5-10-14(11-7-12)9-4-3-8-13/h3-7,9-11H2,1-2H3. The smallest absolute Gasteiger partial charge is 0.0622 e. The molecule has 1 aliphatic rings. The Kier molecular flexibility index (Phi) is 4.41. The Bertz CT molecular complexity index is 203. The summed E-state index contributed by atoms with van der Waals surface area (Å²) in [5.41, 5.74) is 0.532. The first kappa shape index (κ1) is 11.5. The van der Waals surface area contributed by atoms with E-state index < -0.39 is 0 Å². The SMILES string of the molecule is CC1(C)CCCN(CCCC#N)CC1. The van der Waals surface area contributed by atoms with Crippen LogP contribution in [0.3, 0.4) is 0 Å². The zero-order valence-corrected chi connectivity index (χ0v) is 9.55. The van der Waals surface area contributed by atoms with Crippen LogP contribution in [0.5, 0.6) is 0 Å². The van der Waals surface area contributed by atoms with Crippen molar-refractivity contribution in [3.63, 3.8) is 0 Å². The van der Waals surface area contributed by atoms with Gasteiger partial charge in [-0.1, -0.05) is 13.8 Å². The maximum absolute atomic E-state index is 8.47. The zero-order valence-electron chi connectivity index (χ0n) is 9.55. The highest BCUT2D eigenvalue weighted by atomic mass is 15.1. The predicted octanol–water partition coefficient (Wildman–Crippen LogP) is 2.80. The molecule has 0 saturated carbocycles. The van der Waals surface area contributed by atoms with Crippen LogP contribution in [-0.4, -0.2) is 24.5 Å². The van der Waals surface area contributed by atoms with E-state index in [-0.39, 0.29) is 0 Å². The van der Waals surface area contributed by atoms with Crippen molar-refractivity contribution in [3.05, 3.63) is 0 Å². The largest absolute Gasteiger partial charge is 0.303 e. The second kappa shape index (κ2) is 5.36. The van der Waals surface area contributed by atoms with E-state index in [2.05, 4.69) is 24.8 Å². The van der Waals surface area contributed by atoms with E-state index in [9.17, 15) is 0 Å². The Morgan fingerprint density at radius 1 is 1.29 bits per heavy atom. The van der Waals surface area contributed by atoms with Crippen molar-refractivity contribution in [2.75, 3.05) is 19.6 Å². The van der Waals surface area contributed by atoms with Crippen LogP contribution in [0.4, 0.5) is 0 Å². The first-order chi connectivity index (χ1) is 6.64. The molecule has 1 rings (SSSR count). The van der Waals surface area contributed by atoms with Gasteiger partial charge < -0.3 is 4.90 Å². The molecule has 1 heterocycles. The lowest BCUT2D eigenvalue weighted by molar-refractivity contribution is 0.261. The molecule has 1 saturated heterocycles. The summed E-state index contributed by atoms with van der Waals surface area (Å²) in [6.07, 6.45) is 5.72. The highest BCUT2D eigenvalue weighted by molar-refractivity contribution is 4.77. The third kappa shape index (κ3) is 4.11. The van der Waals surface area contributed by atoms with Crippen molar-refractivity contribution in [2.24, 2.45) is 5.41 Å². The normalized spacial score (nSPS) is 22.6. The van der Waals surface area contributed by atoms with Crippen LogP contribution in [0.15, 0.2) is 0 Å². The molecule has 0 aromatic heterocycles. The summed E-state index contributed by atoms with van der Waals surface area (Å²) in [5, 5.41) is 8.47. The molecule has 0 aromatic carbocycles. The van der Waals surface area contributed by atoms with Gasteiger partial charge in [0.15, 0.2) is 0 Å². The molecule has 0 amide bonds. The first-order valence-electron chi connectivity index (χ1n) is 5.73. The van der Waals surface area contributed by atoms with Gasteiger partial charge in [-0.3, -0.25) is 0 Å². The summed E-state index contributed by atoms with van der Waals surface area (Å²) in [5.74, 6) is 0. The molecule has 0 aromatic rings. The molecule has 1 aliphatic heterocycles. The lowest BCUT2D eigenvalue weighted by Gasteiger charge is -2.23. The van der Waals surface area contributed by atoms with E-state index >= 15 is 0 Å². The van der Waals surface area contributed by atoms with Crippen LogP contribution in [0.25, 0.3) is 0 Å². The molecule has 0 spiro atoms. The summed E-state index contributed by atoms with van der Waals surface area (Å²) in [6.45, 7) is 8.30. The molecule has 1 fully saturated rings. The maximum atomic E-state index is 8.47. The molecule has 0 bridgehead atoms. The van der Waals surface area contributed by atoms with E-state index in [1.54, 1.807) is 0 Å². The van der Waals surface area contributed by atoms with Gasteiger partial charge in [-0.15, -0.1) is 0 Å². The summed E-state index contributed by atoms with van der Waals surface area (Å²) in [7, 11) is 0. The first-order valence-corrected chi connectivity index (χ1v) is 5.73. The molecule has 14 heavy (non-hydrogen) atoms. The maximum Gasteiger partial charge on any atom is 0.0622 e. The molecule has 80 valence electrons. The number of hydrogen-bond donors (Lipinski definition) is 0. The second-order valence-electron chi connectivity index (χ2n) is 5.12. The summed E-state index contributed by atoms with van der Waals surface area (Å²) in [6, 6.07) is 2.21. The monoisotopic (exact) mass is 194 g/mol. The van der Waals surface area contributed by atoms with Crippen LogP contribution < -0.4 is 0 Å². The van der Waals surface area contributed by atoms with Crippen molar-refractivity contribution in [1.82, 2.24) is 4.90 Å². The fourth-order valence-corrected chi connectivity index (χ4v) is 2.08. The lowest BCUT2D eigenvalue weighted by Crippen LogP contribution is -2.26. The van der Waals surface area contributed by atoms with Crippen LogP contribution in [0.2, 0.25) is 0 Å². The van der Waals surface area contributed by atoms with Gasteiger partial charge in [0.25, 0.3) is 0 Å². The number of hydrogen-bond acceptors (Lipinski definition) is 2. The van der Waals surface area contributed by atoms with E-state index in [0.717, 1.165) is 13.0 Å². The number of rotatable bonds is 3. The van der Waals surface area contributed by atoms with Crippen molar-refractivity contribution >= 4 is 0 Å². The van der Waals surface area contributed by atoms with Gasteiger partial charge in [0.2, 0.25) is 0 Å². The number of nitriles is 1. The molecule has 0 N–H and O–H groups in total. The van der Waals surface area contributed by atoms with Gasteiger partial charge in [-0.2, -0.15) is 5.26 Å². The molecule has 0 radical (unpaired) electrons. The molecule has 0 aliphatic carbocycles. The van der Waals surface area contributed by atoms with Crippen molar-refractivity contribution in [3.8, 4) is 6.07 Å². The van der Waals surface area contributed by atoms with Crippen LogP contribution in [0.1, 0.15) is 46.0 Å².